The van der Waals surface area contributed by atoms with E-state index in [0.717, 1.165) is 5.57 Å². The van der Waals surface area contributed by atoms with Gasteiger partial charge in [-0.1, -0.05) is 35.6 Å². The lowest BCUT2D eigenvalue weighted by atomic mass is 10.0. The number of allylic oxidation sites excluding steroid dienone is 3. The van der Waals surface area contributed by atoms with E-state index in [0.29, 0.717) is 11.3 Å². The Morgan fingerprint density at radius 3 is 2.72 bits per heavy atom. The largest absolute Gasteiger partial charge is 0.470 e. The monoisotopic (exact) mass is 268 g/mol. The van der Waals surface area contributed by atoms with Gasteiger partial charge in [-0.05, 0) is 27.7 Å². The summed E-state index contributed by atoms with van der Waals surface area (Å²) in [6, 6.07) is 0. The van der Waals surface area contributed by atoms with Gasteiger partial charge in [-0.2, -0.15) is 0 Å². The SMILES string of the molecule is C/C=C/C(C)=C/[C@@]1(C)SC(=O)C(C)=C1OCOC. The molecule has 0 unspecified atom stereocenters. The highest BCUT2D eigenvalue weighted by atomic mass is 32.2. The van der Waals surface area contributed by atoms with E-state index in [1.54, 1.807) is 14.0 Å². The first-order valence-electron chi connectivity index (χ1n) is 5.83. The molecule has 100 valence electrons. The summed E-state index contributed by atoms with van der Waals surface area (Å²) < 4.78 is 10.1. The van der Waals surface area contributed by atoms with Gasteiger partial charge in [-0.25, -0.2) is 0 Å². The molecule has 0 aromatic heterocycles. The number of thioether (sulfide) groups is 1. The minimum absolute atomic E-state index is 0.0631. The van der Waals surface area contributed by atoms with Crippen LogP contribution in [0.15, 0.2) is 35.1 Å². The van der Waals surface area contributed by atoms with Gasteiger partial charge in [0.2, 0.25) is 5.12 Å². The van der Waals surface area contributed by atoms with Crippen LogP contribution in [0.4, 0.5) is 0 Å². The number of carbonyl (C=O) groups excluding carboxylic acids is 1. The summed E-state index contributed by atoms with van der Waals surface area (Å²) >= 11 is 1.28. The van der Waals surface area contributed by atoms with Crippen molar-refractivity contribution in [2.24, 2.45) is 0 Å². The van der Waals surface area contributed by atoms with Gasteiger partial charge in [0.1, 0.15) is 5.76 Å². The fourth-order valence-corrected chi connectivity index (χ4v) is 3.17. The van der Waals surface area contributed by atoms with Crippen LogP contribution in [-0.4, -0.2) is 23.8 Å². The lowest BCUT2D eigenvalue weighted by Gasteiger charge is -2.23. The van der Waals surface area contributed by atoms with Crippen LogP contribution in [0.25, 0.3) is 0 Å². The van der Waals surface area contributed by atoms with Gasteiger partial charge in [-0.3, -0.25) is 4.79 Å². The molecule has 1 heterocycles. The third-order valence-corrected chi connectivity index (χ3v) is 3.87. The molecule has 0 amide bonds. The van der Waals surface area contributed by atoms with Gasteiger partial charge in [0.05, 0.1) is 4.75 Å². The molecule has 1 aliphatic heterocycles. The molecule has 0 spiro atoms. The fourth-order valence-electron chi connectivity index (χ4n) is 1.99. The maximum atomic E-state index is 11.8. The van der Waals surface area contributed by atoms with E-state index in [9.17, 15) is 4.79 Å². The predicted octanol–water partition coefficient (Wildman–Crippen LogP) is 3.44. The highest BCUT2D eigenvalue weighted by Gasteiger charge is 2.41. The van der Waals surface area contributed by atoms with Gasteiger partial charge in [0.25, 0.3) is 0 Å². The summed E-state index contributed by atoms with van der Waals surface area (Å²) in [5.41, 5.74) is 1.78. The molecule has 3 nitrogen and oxygen atoms in total. The lowest BCUT2D eigenvalue weighted by molar-refractivity contribution is -0.107. The van der Waals surface area contributed by atoms with Crippen LogP contribution in [0.2, 0.25) is 0 Å². The Morgan fingerprint density at radius 2 is 2.17 bits per heavy atom. The van der Waals surface area contributed by atoms with Crippen molar-refractivity contribution < 1.29 is 14.3 Å². The molecular formula is C14H20O3S. The van der Waals surface area contributed by atoms with E-state index in [1.165, 1.54) is 11.8 Å². The van der Waals surface area contributed by atoms with Crippen molar-refractivity contribution in [3.8, 4) is 0 Å². The quantitative estimate of drug-likeness (QED) is 0.565. The second kappa shape index (κ2) is 6.25. The fraction of sp³-hybridized carbons (Fsp3) is 0.500. The van der Waals surface area contributed by atoms with E-state index in [4.69, 9.17) is 9.47 Å². The van der Waals surface area contributed by atoms with Crippen molar-refractivity contribution in [3.05, 3.63) is 35.1 Å². The van der Waals surface area contributed by atoms with Gasteiger partial charge < -0.3 is 9.47 Å². The second-order valence-corrected chi connectivity index (χ2v) is 5.81. The smallest absolute Gasteiger partial charge is 0.219 e. The Kier molecular flexibility index (Phi) is 5.23. The molecule has 0 radical (unpaired) electrons. The Balaban J connectivity index is 3.06. The molecule has 0 bridgehead atoms. The van der Waals surface area contributed by atoms with Crippen LogP contribution in [-0.2, 0) is 14.3 Å². The highest BCUT2D eigenvalue weighted by molar-refractivity contribution is 8.16. The van der Waals surface area contributed by atoms with Crippen molar-refractivity contribution in [1.29, 1.82) is 0 Å². The van der Waals surface area contributed by atoms with E-state index < -0.39 is 4.75 Å². The predicted molar refractivity (Wildman–Crippen MR) is 75.2 cm³/mol. The van der Waals surface area contributed by atoms with Crippen LogP contribution < -0.4 is 0 Å². The zero-order chi connectivity index (χ0) is 13.8. The molecule has 0 aliphatic carbocycles. The first kappa shape index (κ1) is 15.1. The first-order chi connectivity index (χ1) is 8.44. The van der Waals surface area contributed by atoms with E-state index in [-0.39, 0.29) is 11.9 Å². The van der Waals surface area contributed by atoms with Crippen molar-refractivity contribution in [2.45, 2.75) is 32.4 Å². The molecule has 0 N–H and O–H groups in total. The summed E-state index contributed by atoms with van der Waals surface area (Å²) in [5, 5.41) is 0.0631. The number of rotatable bonds is 5. The molecule has 1 rings (SSSR count). The highest BCUT2D eigenvalue weighted by Crippen LogP contribution is 2.45. The number of ether oxygens (including phenoxy) is 2. The van der Waals surface area contributed by atoms with E-state index in [1.807, 2.05) is 32.9 Å². The lowest BCUT2D eigenvalue weighted by Crippen LogP contribution is -2.20. The molecule has 4 heteroatoms. The Morgan fingerprint density at radius 1 is 1.50 bits per heavy atom. The van der Waals surface area contributed by atoms with Crippen molar-refractivity contribution in [2.75, 3.05) is 13.9 Å². The molecule has 0 saturated heterocycles. The van der Waals surface area contributed by atoms with Crippen molar-refractivity contribution >= 4 is 16.9 Å². The normalized spacial score (nSPS) is 25.4. The maximum Gasteiger partial charge on any atom is 0.219 e. The number of methoxy groups -OCH3 is 1. The maximum absolute atomic E-state index is 11.8. The van der Waals surface area contributed by atoms with Gasteiger partial charge in [0, 0.05) is 12.7 Å². The summed E-state index contributed by atoms with van der Waals surface area (Å²) in [6.45, 7) is 7.93. The topological polar surface area (TPSA) is 35.5 Å². The second-order valence-electron chi connectivity index (χ2n) is 4.39. The summed E-state index contributed by atoms with van der Waals surface area (Å²) in [6.07, 6.45) is 6.04. The molecule has 0 aromatic carbocycles. The van der Waals surface area contributed by atoms with Crippen molar-refractivity contribution in [3.63, 3.8) is 0 Å². The van der Waals surface area contributed by atoms with Gasteiger partial charge >= 0.3 is 0 Å². The average molecular weight is 268 g/mol. The van der Waals surface area contributed by atoms with Crippen LogP contribution in [0, 0.1) is 0 Å². The molecule has 18 heavy (non-hydrogen) atoms. The van der Waals surface area contributed by atoms with Gasteiger partial charge in [-0.15, -0.1) is 0 Å². The molecule has 1 atom stereocenters. The van der Waals surface area contributed by atoms with Crippen LogP contribution in [0.5, 0.6) is 0 Å². The molecular weight excluding hydrogens is 248 g/mol. The molecule has 0 aromatic rings. The zero-order valence-corrected chi connectivity index (χ0v) is 12.4. The molecule has 0 saturated carbocycles. The van der Waals surface area contributed by atoms with E-state index >= 15 is 0 Å². The minimum atomic E-state index is -0.441. The Labute approximate surface area is 113 Å². The van der Waals surface area contributed by atoms with Crippen LogP contribution >= 0.6 is 11.8 Å². The third-order valence-electron chi connectivity index (χ3n) is 2.66. The first-order valence-corrected chi connectivity index (χ1v) is 6.65. The summed E-state index contributed by atoms with van der Waals surface area (Å²) in [7, 11) is 1.57. The standard InChI is InChI=1S/C14H20O3S/c1-6-7-10(2)8-14(4)12(17-9-16-5)11(3)13(15)18-14/h6-8H,9H2,1-5H3/b7-6+,10-8+/t14-/m1/s1. The van der Waals surface area contributed by atoms with E-state index in [2.05, 4.69) is 6.08 Å². The number of hydrogen-bond acceptors (Lipinski definition) is 4. The Bertz CT molecular complexity index is 421. The zero-order valence-electron chi connectivity index (χ0n) is 11.6. The van der Waals surface area contributed by atoms with Crippen LogP contribution in [0.1, 0.15) is 27.7 Å². The van der Waals surface area contributed by atoms with Gasteiger partial charge in [0.15, 0.2) is 6.79 Å². The number of hydrogen-bond donors (Lipinski definition) is 0. The summed E-state index contributed by atoms with van der Waals surface area (Å²) in [5.74, 6) is 0.697. The molecule has 0 fully saturated rings. The van der Waals surface area contributed by atoms with Crippen molar-refractivity contribution in [1.82, 2.24) is 0 Å². The Hall–Kier alpha value is -1.00. The minimum Gasteiger partial charge on any atom is -0.470 e. The average Bonchev–Trinajstić information content (AvgIpc) is 2.48. The number of carbonyl (C=O) groups is 1. The third kappa shape index (κ3) is 3.27. The summed E-state index contributed by atoms with van der Waals surface area (Å²) in [4.78, 5) is 11.8. The molecule has 1 aliphatic rings. The van der Waals surface area contributed by atoms with Crippen LogP contribution in [0.3, 0.4) is 0 Å².